The maximum atomic E-state index is 6.20. The van der Waals surface area contributed by atoms with Gasteiger partial charge in [-0.15, -0.1) is 0 Å². The average Bonchev–Trinajstić information content (AvgIpc) is 2.36. The third-order valence-electron chi connectivity index (χ3n) is 3.15. The molecular formula is C17H29NO2. The Morgan fingerprint density at radius 3 is 2.45 bits per heavy atom. The van der Waals surface area contributed by atoms with Crippen molar-refractivity contribution in [2.24, 2.45) is 5.73 Å². The normalized spacial score (nSPS) is 15.1. The van der Waals surface area contributed by atoms with Gasteiger partial charge < -0.3 is 15.2 Å². The van der Waals surface area contributed by atoms with Crippen LogP contribution in [0.2, 0.25) is 0 Å². The zero-order chi connectivity index (χ0) is 15.2. The molecule has 0 aromatic heterocycles. The number of hydrogen-bond donors (Lipinski definition) is 1. The van der Waals surface area contributed by atoms with Crippen molar-refractivity contribution < 1.29 is 9.47 Å². The lowest BCUT2D eigenvalue weighted by molar-refractivity contribution is -0.0570. The first kappa shape index (κ1) is 17.2. The standard InChI is InChI=1S/C17H29NO2/c1-6-15(18)16(14-9-7-8-13(2)12-14)19-10-11-20-17(3,4)5/h7-9,12,15-16H,6,10-11,18H2,1-5H3. The van der Waals surface area contributed by atoms with Crippen molar-refractivity contribution >= 4 is 0 Å². The molecule has 2 N–H and O–H groups in total. The monoisotopic (exact) mass is 279 g/mol. The minimum Gasteiger partial charge on any atom is -0.373 e. The highest BCUT2D eigenvalue weighted by Crippen LogP contribution is 2.23. The van der Waals surface area contributed by atoms with Crippen molar-refractivity contribution in [3.8, 4) is 0 Å². The number of benzene rings is 1. The van der Waals surface area contributed by atoms with Crippen LogP contribution >= 0.6 is 0 Å². The summed E-state index contributed by atoms with van der Waals surface area (Å²) in [6, 6.07) is 8.37. The van der Waals surface area contributed by atoms with Gasteiger partial charge in [0.05, 0.1) is 24.9 Å². The molecule has 0 aliphatic heterocycles. The molecule has 0 heterocycles. The first-order valence-electron chi connectivity index (χ1n) is 7.41. The summed E-state index contributed by atoms with van der Waals surface area (Å²) in [5.74, 6) is 0. The molecule has 3 nitrogen and oxygen atoms in total. The summed E-state index contributed by atoms with van der Waals surface area (Å²) in [5.41, 5.74) is 8.45. The summed E-state index contributed by atoms with van der Waals surface area (Å²) in [6.07, 6.45) is 0.821. The van der Waals surface area contributed by atoms with E-state index < -0.39 is 0 Å². The van der Waals surface area contributed by atoms with Crippen LogP contribution < -0.4 is 5.73 Å². The van der Waals surface area contributed by atoms with Gasteiger partial charge in [-0.2, -0.15) is 0 Å². The summed E-state index contributed by atoms with van der Waals surface area (Å²) in [7, 11) is 0. The smallest absolute Gasteiger partial charge is 0.0976 e. The van der Waals surface area contributed by atoms with Gasteiger partial charge in [0.25, 0.3) is 0 Å². The largest absolute Gasteiger partial charge is 0.373 e. The molecule has 0 saturated carbocycles. The maximum Gasteiger partial charge on any atom is 0.0976 e. The Hall–Kier alpha value is -0.900. The van der Waals surface area contributed by atoms with Gasteiger partial charge in [0.1, 0.15) is 0 Å². The summed E-state index contributed by atoms with van der Waals surface area (Å²) >= 11 is 0. The lowest BCUT2D eigenvalue weighted by Crippen LogP contribution is -2.31. The first-order chi connectivity index (χ1) is 9.33. The quantitative estimate of drug-likeness (QED) is 0.776. The van der Waals surface area contributed by atoms with Gasteiger partial charge in [-0.05, 0) is 39.7 Å². The van der Waals surface area contributed by atoms with E-state index in [0.717, 1.165) is 12.0 Å². The van der Waals surface area contributed by atoms with Crippen LogP contribution in [0, 0.1) is 6.92 Å². The van der Waals surface area contributed by atoms with Crippen molar-refractivity contribution in [2.75, 3.05) is 13.2 Å². The molecule has 20 heavy (non-hydrogen) atoms. The Morgan fingerprint density at radius 1 is 1.20 bits per heavy atom. The van der Waals surface area contributed by atoms with Gasteiger partial charge in [-0.1, -0.05) is 36.8 Å². The molecule has 0 aliphatic rings. The van der Waals surface area contributed by atoms with Gasteiger partial charge in [0.15, 0.2) is 0 Å². The molecular weight excluding hydrogens is 250 g/mol. The molecule has 3 heteroatoms. The fraction of sp³-hybridized carbons (Fsp3) is 0.647. The van der Waals surface area contributed by atoms with Gasteiger partial charge in [-0.25, -0.2) is 0 Å². The second kappa shape index (κ2) is 7.77. The van der Waals surface area contributed by atoms with Crippen LogP contribution in [0.5, 0.6) is 0 Å². The van der Waals surface area contributed by atoms with Gasteiger partial charge in [0, 0.05) is 6.04 Å². The van der Waals surface area contributed by atoms with Crippen molar-refractivity contribution in [1.82, 2.24) is 0 Å². The molecule has 114 valence electrons. The SMILES string of the molecule is CCC(N)C(OCCOC(C)(C)C)c1cccc(C)c1. The molecule has 0 radical (unpaired) electrons. The number of ether oxygens (including phenoxy) is 2. The highest BCUT2D eigenvalue weighted by Gasteiger charge is 2.19. The van der Waals surface area contributed by atoms with E-state index in [0.29, 0.717) is 13.2 Å². The van der Waals surface area contributed by atoms with Crippen LogP contribution in [0.3, 0.4) is 0 Å². The molecule has 1 aromatic rings. The van der Waals surface area contributed by atoms with E-state index in [9.17, 15) is 0 Å². The van der Waals surface area contributed by atoms with E-state index in [-0.39, 0.29) is 17.7 Å². The van der Waals surface area contributed by atoms with Gasteiger partial charge in [-0.3, -0.25) is 0 Å². The molecule has 0 fully saturated rings. The molecule has 2 unspecified atom stereocenters. The number of hydrogen-bond acceptors (Lipinski definition) is 3. The van der Waals surface area contributed by atoms with Crippen LogP contribution in [0.4, 0.5) is 0 Å². The van der Waals surface area contributed by atoms with Gasteiger partial charge in [0.2, 0.25) is 0 Å². The van der Waals surface area contributed by atoms with E-state index in [2.05, 4.69) is 38.1 Å². The second-order valence-corrected chi connectivity index (χ2v) is 6.24. The van der Waals surface area contributed by atoms with Crippen LogP contribution in [0.1, 0.15) is 51.3 Å². The molecule has 2 atom stereocenters. The summed E-state index contributed by atoms with van der Waals surface area (Å²) < 4.78 is 11.7. The minimum atomic E-state index is -0.130. The fourth-order valence-electron chi connectivity index (χ4n) is 2.05. The molecule has 0 aliphatic carbocycles. The maximum absolute atomic E-state index is 6.20. The summed E-state index contributed by atoms with van der Waals surface area (Å²) in [5, 5.41) is 0. The second-order valence-electron chi connectivity index (χ2n) is 6.24. The summed E-state index contributed by atoms with van der Waals surface area (Å²) in [6.45, 7) is 11.4. The van der Waals surface area contributed by atoms with Crippen LogP contribution in [-0.2, 0) is 9.47 Å². The van der Waals surface area contributed by atoms with E-state index >= 15 is 0 Å². The Balaban J connectivity index is 2.62. The van der Waals surface area contributed by atoms with Crippen molar-refractivity contribution in [3.05, 3.63) is 35.4 Å². The van der Waals surface area contributed by atoms with Crippen LogP contribution in [-0.4, -0.2) is 24.9 Å². The van der Waals surface area contributed by atoms with Crippen molar-refractivity contribution in [2.45, 2.75) is 58.8 Å². The molecule has 1 rings (SSSR count). The molecule has 0 saturated heterocycles. The summed E-state index contributed by atoms with van der Waals surface area (Å²) in [4.78, 5) is 0. The molecule has 0 spiro atoms. The topological polar surface area (TPSA) is 44.5 Å². The molecule has 1 aromatic carbocycles. The van der Waals surface area contributed by atoms with E-state index in [4.69, 9.17) is 15.2 Å². The number of aryl methyl sites for hydroxylation is 1. The van der Waals surface area contributed by atoms with Crippen LogP contribution in [0.25, 0.3) is 0 Å². The van der Waals surface area contributed by atoms with Crippen LogP contribution in [0.15, 0.2) is 24.3 Å². The number of nitrogens with two attached hydrogens (primary N) is 1. The zero-order valence-corrected chi connectivity index (χ0v) is 13.5. The average molecular weight is 279 g/mol. The van der Waals surface area contributed by atoms with Crippen molar-refractivity contribution in [1.29, 1.82) is 0 Å². The van der Waals surface area contributed by atoms with Crippen molar-refractivity contribution in [3.63, 3.8) is 0 Å². The van der Waals surface area contributed by atoms with E-state index in [1.165, 1.54) is 5.56 Å². The Morgan fingerprint density at radius 2 is 1.90 bits per heavy atom. The Kier molecular flexibility index (Phi) is 6.66. The lowest BCUT2D eigenvalue weighted by Gasteiger charge is -2.25. The van der Waals surface area contributed by atoms with E-state index in [1.807, 2.05) is 20.8 Å². The van der Waals surface area contributed by atoms with E-state index in [1.54, 1.807) is 0 Å². The predicted octanol–water partition coefficient (Wildman–Crippen LogP) is 3.61. The fourth-order valence-corrected chi connectivity index (χ4v) is 2.05. The predicted molar refractivity (Wildman–Crippen MR) is 83.8 cm³/mol. The highest BCUT2D eigenvalue weighted by molar-refractivity contribution is 5.25. The Labute approximate surface area is 123 Å². The first-order valence-corrected chi connectivity index (χ1v) is 7.41. The zero-order valence-electron chi connectivity index (χ0n) is 13.5. The lowest BCUT2D eigenvalue weighted by atomic mass is 9.99. The highest BCUT2D eigenvalue weighted by atomic mass is 16.5. The third kappa shape index (κ3) is 6.04. The van der Waals surface area contributed by atoms with Gasteiger partial charge >= 0.3 is 0 Å². The number of rotatable bonds is 7. The Bertz CT molecular complexity index is 398. The molecule has 0 amide bonds. The molecule has 0 bridgehead atoms. The minimum absolute atomic E-state index is 0.00596. The third-order valence-corrected chi connectivity index (χ3v) is 3.15.